The van der Waals surface area contributed by atoms with Gasteiger partial charge in [0.05, 0.1) is 17.8 Å². The first-order chi connectivity index (χ1) is 11.9. The average Bonchev–Trinajstić information content (AvgIpc) is 2.96. The zero-order valence-electron chi connectivity index (χ0n) is 14.2. The molecule has 1 fully saturated rings. The van der Waals surface area contributed by atoms with Gasteiger partial charge in [0.1, 0.15) is 0 Å². The van der Waals surface area contributed by atoms with Crippen molar-refractivity contribution >= 4 is 29.3 Å². The van der Waals surface area contributed by atoms with Crippen molar-refractivity contribution in [3.63, 3.8) is 0 Å². The number of amides is 3. The highest BCUT2D eigenvalue weighted by Gasteiger charge is 2.34. The molecule has 1 aliphatic rings. The van der Waals surface area contributed by atoms with Crippen molar-refractivity contribution in [1.29, 1.82) is 0 Å². The SMILES string of the molecule is CCOC1CN(C(=O)C(N)=O)CCC1NC(=O)c1nc(Cl)c(CC)[nH]1. The van der Waals surface area contributed by atoms with E-state index in [4.69, 9.17) is 22.1 Å². The summed E-state index contributed by atoms with van der Waals surface area (Å²) < 4.78 is 5.63. The third kappa shape index (κ3) is 4.49. The number of aryl methyl sites for hydroxylation is 1. The average molecular weight is 372 g/mol. The van der Waals surface area contributed by atoms with Crippen LogP contribution in [0.4, 0.5) is 0 Å². The van der Waals surface area contributed by atoms with Gasteiger partial charge in [-0.25, -0.2) is 4.98 Å². The van der Waals surface area contributed by atoms with Crippen LogP contribution in [0.1, 0.15) is 36.6 Å². The first-order valence-corrected chi connectivity index (χ1v) is 8.50. The lowest BCUT2D eigenvalue weighted by Gasteiger charge is -2.37. The molecule has 0 aliphatic carbocycles. The number of aromatic nitrogens is 2. The molecule has 2 unspecified atom stereocenters. The smallest absolute Gasteiger partial charge is 0.311 e. The number of H-pyrrole nitrogens is 1. The van der Waals surface area contributed by atoms with Gasteiger partial charge in [0, 0.05) is 19.7 Å². The summed E-state index contributed by atoms with van der Waals surface area (Å²) in [7, 11) is 0. The lowest BCUT2D eigenvalue weighted by atomic mass is 10.0. The minimum absolute atomic E-state index is 0.132. The molecule has 25 heavy (non-hydrogen) atoms. The van der Waals surface area contributed by atoms with Gasteiger partial charge >= 0.3 is 11.8 Å². The van der Waals surface area contributed by atoms with Crippen molar-refractivity contribution in [2.75, 3.05) is 19.7 Å². The van der Waals surface area contributed by atoms with E-state index in [0.717, 1.165) is 0 Å². The van der Waals surface area contributed by atoms with Gasteiger partial charge in [-0.3, -0.25) is 14.4 Å². The number of rotatable bonds is 5. The Balaban J connectivity index is 2.05. The van der Waals surface area contributed by atoms with Crippen LogP contribution in [0.5, 0.6) is 0 Å². The second kappa shape index (κ2) is 8.30. The molecule has 1 aliphatic heterocycles. The van der Waals surface area contributed by atoms with Gasteiger partial charge in [-0.1, -0.05) is 18.5 Å². The van der Waals surface area contributed by atoms with Crippen LogP contribution < -0.4 is 11.1 Å². The summed E-state index contributed by atoms with van der Waals surface area (Å²) in [4.78, 5) is 43.5. The number of nitrogens with one attached hydrogen (secondary N) is 2. The number of primary amides is 1. The minimum atomic E-state index is -1.00. The van der Waals surface area contributed by atoms with E-state index in [0.29, 0.717) is 31.7 Å². The topological polar surface area (TPSA) is 130 Å². The molecule has 2 heterocycles. The highest BCUT2D eigenvalue weighted by molar-refractivity contribution is 6.34. The van der Waals surface area contributed by atoms with E-state index in [1.807, 2.05) is 13.8 Å². The Bertz CT molecular complexity index is 662. The number of aromatic amines is 1. The second-order valence-electron chi connectivity index (χ2n) is 5.69. The van der Waals surface area contributed by atoms with Crippen molar-refractivity contribution in [3.05, 3.63) is 16.7 Å². The maximum absolute atomic E-state index is 12.4. The van der Waals surface area contributed by atoms with E-state index in [9.17, 15) is 14.4 Å². The van der Waals surface area contributed by atoms with Gasteiger partial charge in [-0.15, -0.1) is 0 Å². The quantitative estimate of drug-likeness (QED) is 0.619. The number of imidazole rings is 1. The predicted octanol–water partition coefficient (Wildman–Crippen LogP) is -0.153. The van der Waals surface area contributed by atoms with Gasteiger partial charge in [0.15, 0.2) is 11.0 Å². The highest BCUT2D eigenvalue weighted by Crippen LogP contribution is 2.17. The van der Waals surface area contributed by atoms with Crippen LogP contribution in [-0.4, -0.2) is 64.4 Å². The van der Waals surface area contributed by atoms with Gasteiger partial charge < -0.3 is 25.7 Å². The summed E-state index contributed by atoms with van der Waals surface area (Å²) >= 11 is 5.96. The van der Waals surface area contributed by atoms with Gasteiger partial charge in [0.2, 0.25) is 0 Å². The zero-order valence-corrected chi connectivity index (χ0v) is 14.9. The van der Waals surface area contributed by atoms with Gasteiger partial charge in [-0.05, 0) is 19.8 Å². The molecule has 9 nitrogen and oxygen atoms in total. The van der Waals surface area contributed by atoms with Crippen molar-refractivity contribution in [2.24, 2.45) is 5.73 Å². The fourth-order valence-electron chi connectivity index (χ4n) is 2.77. The first-order valence-electron chi connectivity index (χ1n) is 8.12. The lowest BCUT2D eigenvalue weighted by molar-refractivity contribution is -0.147. The Morgan fingerprint density at radius 1 is 1.44 bits per heavy atom. The predicted molar refractivity (Wildman–Crippen MR) is 90.0 cm³/mol. The molecule has 1 saturated heterocycles. The van der Waals surface area contributed by atoms with E-state index >= 15 is 0 Å². The Morgan fingerprint density at radius 2 is 2.16 bits per heavy atom. The van der Waals surface area contributed by atoms with Crippen molar-refractivity contribution < 1.29 is 19.1 Å². The molecule has 10 heteroatoms. The molecule has 3 amide bonds. The van der Waals surface area contributed by atoms with Gasteiger partial charge in [-0.2, -0.15) is 0 Å². The normalized spacial score (nSPS) is 20.4. The molecule has 2 rings (SSSR count). The molecule has 2 atom stereocenters. The van der Waals surface area contributed by atoms with Crippen molar-refractivity contribution in [3.8, 4) is 0 Å². The van der Waals surface area contributed by atoms with Crippen LogP contribution in [0.3, 0.4) is 0 Å². The van der Waals surface area contributed by atoms with E-state index in [2.05, 4.69) is 15.3 Å². The summed E-state index contributed by atoms with van der Waals surface area (Å²) in [6.07, 6.45) is 0.626. The van der Waals surface area contributed by atoms with Crippen LogP contribution in [-0.2, 0) is 20.7 Å². The van der Waals surface area contributed by atoms with E-state index in [-0.39, 0.29) is 23.6 Å². The molecular formula is C15H22ClN5O4. The first kappa shape index (κ1) is 19.2. The molecule has 0 radical (unpaired) electrons. The van der Waals surface area contributed by atoms with Crippen LogP contribution in [0, 0.1) is 0 Å². The Labute approximate surface area is 150 Å². The van der Waals surface area contributed by atoms with Crippen LogP contribution in [0.15, 0.2) is 0 Å². The highest BCUT2D eigenvalue weighted by atomic mass is 35.5. The largest absolute Gasteiger partial charge is 0.375 e. The number of ether oxygens (including phenoxy) is 1. The Hall–Kier alpha value is -2.13. The molecular weight excluding hydrogens is 350 g/mol. The zero-order chi connectivity index (χ0) is 18.6. The monoisotopic (exact) mass is 371 g/mol. The number of hydrogen-bond acceptors (Lipinski definition) is 5. The number of halogens is 1. The van der Waals surface area contributed by atoms with E-state index in [1.165, 1.54) is 4.90 Å². The number of nitrogens with two attached hydrogens (primary N) is 1. The minimum Gasteiger partial charge on any atom is -0.375 e. The van der Waals surface area contributed by atoms with Crippen molar-refractivity contribution in [2.45, 2.75) is 38.8 Å². The third-order valence-corrected chi connectivity index (χ3v) is 4.36. The van der Waals surface area contributed by atoms with Crippen LogP contribution in [0.2, 0.25) is 5.15 Å². The molecule has 1 aromatic rings. The number of carbonyl (C=O) groups excluding carboxylic acids is 3. The summed E-state index contributed by atoms with van der Waals surface area (Å²) in [5, 5.41) is 3.13. The fraction of sp³-hybridized carbons (Fsp3) is 0.600. The second-order valence-corrected chi connectivity index (χ2v) is 6.04. The number of nitrogens with zero attached hydrogens (tertiary/aromatic N) is 2. The summed E-state index contributed by atoms with van der Waals surface area (Å²) in [5.74, 6) is -2.02. The van der Waals surface area contributed by atoms with E-state index < -0.39 is 23.8 Å². The Kier molecular flexibility index (Phi) is 6.38. The summed E-state index contributed by atoms with van der Waals surface area (Å²) in [6, 6.07) is -0.321. The van der Waals surface area contributed by atoms with E-state index in [1.54, 1.807) is 0 Å². The number of carbonyl (C=O) groups is 3. The maximum Gasteiger partial charge on any atom is 0.311 e. The Morgan fingerprint density at radius 3 is 2.72 bits per heavy atom. The standard InChI is InChI=1S/C15H22ClN5O4/c1-3-8-11(16)20-13(18-8)14(23)19-9-5-6-21(15(24)12(17)22)7-10(9)25-4-2/h9-10H,3-7H2,1-2H3,(H2,17,22)(H,18,20)(H,19,23). The molecule has 0 spiro atoms. The third-order valence-electron chi connectivity index (χ3n) is 4.05. The van der Waals surface area contributed by atoms with Gasteiger partial charge in [0.25, 0.3) is 5.91 Å². The molecule has 138 valence electrons. The number of piperidine rings is 1. The van der Waals surface area contributed by atoms with Crippen LogP contribution in [0.25, 0.3) is 0 Å². The molecule has 0 bridgehead atoms. The number of hydrogen-bond donors (Lipinski definition) is 3. The molecule has 1 aromatic heterocycles. The molecule has 0 saturated carbocycles. The lowest BCUT2D eigenvalue weighted by Crippen LogP contribution is -2.57. The number of likely N-dealkylation sites (tertiary alicyclic amines) is 1. The molecule has 0 aromatic carbocycles. The molecule has 4 N–H and O–H groups in total. The summed E-state index contributed by atoms with van der Waals surface area (Å²) in [5.41, 5.74) is 5.73. The maximum atomic E-state index is 12.4. The van der Waals surface area contributed by atoms with Crippen molar-refractivity contribution in [1.82, 2.24) is 20.2 Å². The summed E-state index contributed by atoms with van der Waals surface area (Å²) in [6.45, 7) is 4.60. The fourth-order valence-corrected chi connectivity index (χ4v) is 3.04. The van der Waals surface area contributed by atoms with Crippen LogP contribution >= 0.6 is 11.6 Å².